The van der Waals surface area contributed by atoms with Gasteiger partial charge in [0.05, 0.1) is 0 Å². The minimum atomic E-state index is -0.143. The van der Waals surface area contributed by atoms with E-state index >= 15 is 0 Å². The number of ether oxygens (including phenoxy) is 1. The number of aromatic hydroxyl groups is 1. The van der Waals surface area contributed by atoms with E-state index < -0.39 is 0 Å². The van der Waals surface area contributed by atoms with E-state index in [-0.39, 0.29) is 18.1 Å². The Morgan fingerprint density at radius 3 is 2.77 bits per heavy atom. The molecule has 1 aromatic rings. The summed E-state index contributed by atoms with van der Waals surface area (Å²) in [6.07, 6.45) is 1.19. The van der Waals surface area contributed by atoms with Crippen LogP contribution in [-0.4, -0.2) is 24.3 Å². The molecule has 68 valence electrons. The second-order valence-corrected chi connectivity index (χ2v) is 2.32. The summed E-state index contributed by atoms with van der Waals surface area (Å²) in [6, 6.07) is 4.16. The van der Waals surface area contributed by atoms with Crippen molar-refractivity contribution in [3.05, 3.63) is 23.8 Å². The van der Waals surface area contributed by atoms with Gasteiger partial charge in [-0.1, -0.05) is 0 Å². The third kappa shape index (κ3) is 2.30. The van der Waals surface area contributed by atoms with Crippen LogP contribution in [0, 0.1) is 0 Å². The van der Waals surface area contributed by atoms with Gasteiger partial charge in [0.1, 0.15) is 12.9 Å². The Hall–Kier alpha value is -1.84. The van der Waals surface area contributed by atoms with Crippen LogP contribution in [0.1, 0.15) is 10.4 Å². The molecule has 0 radical (unpaired) electrons. The van der Waals surface area contributed by atoms with Gasteiger partial charge in [0, 0.05) is 5.56 Å². The molecule has 1 N–H and O–H groups in total. The Kier molecular flexibility index (Phi) is 3.03. The molecule has 0 fully saturated rings. The fraction of sp³-hybridized carbons (Fsp3) is 0.111. The Morgan fingerprint density at radius 1 is 1.38 bits per heavy atom. The highest BCUT2D eigenvalue weighted by Gasteiger charge is 2.02. The maximum absolute atomic E-state index is 10.3. The van der Waals surface area contributed by atoms with Crippen LogP contribution in [0.5, 0.6) is 11.5 Å². The molecular formula is C9H8O4. The second kappa shape index (κ2) is 4.25. The van der Waals surface area contributed by atoms with E-state index in [0.29, 0.717) is 18.1 Å². The number of carbonyl (C=O) groups is 2. The summed E-state index contributed by atoms with van der Waals surface area (Å²) in [5.74, 6) is 0.0455. The number of phenolic OH excluding ortho intramolecular Hbond substituents is 1. The van der Waals surface area contributed by atoms with Crippen molar-refractivity contribution in [1.82, 2.24) is 0 Å². The minimum absolute atomic E-state index is 0.0903. The molecule has 13 heavy (non-hydrogen) atoms. The second-order valence-electron chi connectivity index (χ2n) is 2.32. The number of carbonyl (C=O) groups excluding carboxylic acids is 2. The SMILES string of the molecule is O=CCOc1cc(C=O)ccc1O. The van der Waals surface area contributed by atoms with Crippen LogP contribution in [0.15, 0.2) is 18.2 Å². The van der Waals surface area contributed by atoms with Crippen molar-refractivity contribution in [3.8, 4) is 11.5 Å². The van der Waals surface area contributed by atoms with Gasteiger partial charge in [0.2, 0.25) is 0 Å². The molecule has 0 aliphatic heterocycles. The van der Waals surface area contributed by atoms with Gasteiger partial charge in [0.15, 0.2) is 17.8 Å². The number of hydrogen-bond acceptors (Lipinski definition) is 4. The number of hydrogen-bond donors (Lipinski definition) is 1. The van der Waals surface area contributed by atoms with E-state index in [1.165, 1.54) is 18.2 Å². The third-order valence-electron chi connectivity index (χ3n) is 1.43. The first-order valence-corrected chi connectivity index (χ1v) is 3.62. The molecule has 0 bridgehead atoms. The Labute approximate surface area is 74.8 Å². The molecule has 0 atom stereocenters. The fourth-order valence-electron chi connectivity index (χ4n) is 0.843. The van der Waals surface area contributed by atoms with Crippen molar-refractivity contribution in [2.75, 3.05) is 6.61 Å². The standard InChI is InChI=1S/C9H8O4/c10-3-4-13-9-5-7(6-11)1-2-8(9)12/h1-3,5-6,12H,4H2. The molecule has 0 heterocycles. The van der Waals surface area contributed by atoms with Crippen LogP contribution >= 0.6 is 0 Å². The van der Waals surface area contributed by atoms with E-state index in [1.807, 2.05) is 0 Å². The van der Waals surface area contributed by atoms with Gasteiger partial charge in [0.25, 0.3) is 0 Å². The van der Waals surface area contributed by atoms with Gasteiger partial charge < -0.3 is 9.84 Å². The lowest BCUT2D eigenvalue weighted by Crippen LogP contribution is -1.98. The lowest BCUT2D eigenvalue weighted by molar-refractivity contribution is -0.109. The van der Waals surface area contributed by atoms with Crippen molar-refractivity contribution in [2.24, 2.45) is 0 Å². The molecular weight excluding hydrogens is 172 g/mol. The number of rotatable bonds is 4. The molecule has 4 heteroatoms. The van der Waals surface area contributed by atoms with E-state index in [0.717, 1.165) is 0 Å². The predicted molar refractivity (Wildman–Crippen MR) is 45.1 cm³/mol. The highest BCUT2D eigenvalue weighted by atomic mass is 16.5. The van der Waals surface area contributed by atoms with Gasteiger partial charge in [-0.3, -0.25) is 9.59 Å². The monoisotopic (exact) mass is 180 g/mol. The summed E-state index contributed by atoms with van der Waals surface area (Å²) in [4.78, 5) is 20.3. The summed E-state index contributed by atoms with van der Waals surface area (Å²) in [7, 11) is 0. The maximum atomic E-state index is 10.3. The van der Waals surface area contributed by atoms with Crippen molar-refractivity contribution in [1.29, 1.82) is 0 Å². The first kappa shape index (κ1) is 9.25. The topological polar surface area (TPSA) is 63.6 Å². The van der Waals surface area contributed by atoms with E-state index in [9.17, 15) is 14.7 Å². The van der Waals surface area contributed by atoms with Gasteiger partial charge >= 0.3 is 0 Å². The molecule has 0 amide bonds. The smallest absolute Gasteiger partial charge is 0.162 e. The Bertz CT molecular complexity index is 319. The highest BCUT2D eigenvalue weighted by molar-refractivity contribution is 5.76. The lowest BCUT2D eigenvalue weighted by atomic mass is 10.2. The maximum Gasteiger partial charge on any atom is 0.162 e. The van der Waals surface area contributed by atoms with Gasteiger partial charge in [-0.25, -0.2) is 0 Å². The van der Waals surface area contributed by atoms with Crippen LogP contribution in [-0.2, 0) is 4.79 Å². The van der Waals surface area contributed by atoms with E-state index in [1.54, 1.807) is 0 Å². The number of phenols is 1. The van der Waals surface area contributed by atoms with Crippen molar-refractivity contribution in [2.45, 2.75) is 0 Å². The summed E-state index contributed by atoms with van der Waals surface area (Å²) in [6.45, 7) is -0.143. The molecule has 0 aliphatic carbocycles. The van der Waals surface area contributed by atoms with Crippen LogP contribution in [0.4, 0.5) is 0 Å². The van der Waals surface area contributed by atoms with Crippen LogP contribution in [0.2, 0.25) is 0 Å². The van der Waals surface area contributed by atoms with Gasteiger partial charge in [-0.05, 0) is 18.2 Å². The first-order valence-electron chi connectivity index (χ1n) is 3.62. The largest absolute Gasteiger partial charge is 0.504 e. The summed E-state index contributed by atoms with van der Waals surface area (Å²) in [5.41, 5.74) is 0.388. The molecule has 0 aliphatic rings. The summed E-state index contributed by atoms with van der Waals surface area (Å²) in [5, 5.41) is 9.20. The fourth-order valence-corrected chi connectivity index (χ4v) is 0.843. The van der Waals surface area contributed by atoms with Crippen molar-refractivity contribution >= 4 is 12.6 Å². The third-order valence-corrected chi connectivity index (χ3v) is 1.43. The summed E-state index contributed by atoms with van der Waals surface area (Å²) >= 11 is 0. The number of benzene rings is 1. The number of aldehydes is 2. The Morgan fingerprint density at radius 2 is 2.15 bits per heavy atom. The molecule has 0 aromatic heterocycles. The quantitative estimate of drug-likeness (QED) is 0.695. The average molecular weight is 180 g/mol. The van der Waals surface area contributed by atoms with Crippen molar-refractivity contribution < 1.29 is 19.4 Å². The average Bonchev–Trinajstić information content (AvgIpc) is 2.17. The zero-order chi connectivity index (χ0) is 9.68. The first-order chi connectivity index (χ1) is 6.27. The zero-order valence-electron chi connectivity index (χ0n) is 6.77. The predicted octanol–water partition coefficient (Wildman–Crippen LogP) is 0.782. The molecule has 4 nitrogen and oxygen atoms in total. The van der Waals surface area contributed by atoms with Crippen LogP contribution in [0.25, 0.3) is 0 Å². The molecule has 0 unspecified atom stereocenters. The minimum Gasteiger partial charge on any atom is -0.504 e. The van der Waals surface area contributed by atoms with Gasteiger partial charge in [-0.2, -0.15) is 0 Å². The summed E-state index contributed by atoms with van der Waals surface area (Å²) < 4.78 is 4.85. The Balaban J connectivity index is 2.89. The highest BCUT2D eigenvalue weighted by Crippen LogP contribution is 2.25. The molecule has 1 aromatic carbocycles. The molecule has 0 saturated carbocycles. The molecule has 1 rings (SSSR count). The van der Waals surface area contributed by atoms with Crippen LogP contribution < -0.4 is 4.74 Å². The molecule has 0 spiro atoms. The van der Waals surface area contributed by atoms with Crippen LogP contribution in [0.3, 0.4) is 0 Å². The zero-order valence-corrected chi connectivity index (χ0v) is 6.77. The normalized spacial score (nSPS) is 9.23. The van der Waals surface area contributed by atoms with Crippen molar-refractivity contribution in [3.63, 3.8) is 0 Å². The van der Waals surface area contributed by atoms with E-state index in [4.69, 9.17) is 4.74 Å². The van der Waals surface area contributed by atoms with E-state index in [2.05, 4.69) is 0 Å². The van der Waals surface area contributed by atoms with Gasteiger partial charge in [-0.15, -0.1) is 0 Å². The molecule has 0 saturated heterocycles. The lowest BCUT2D eigenvalue weighted by Gasteiger charge is -2.04.